The van der Waals surface area contributed by atoms with Gasteiger partial charge in [-0.3, -0.25) is 14.9 Å². The first-order chi connectivity index (χ1) is 11.3. The first kappa shape index (κ1) is 18.3. The largest absolute Gasteiger partial charge is 0.392 e. The van der Waals surface area contributed by atoms with Crippen molar-refractivity contribution in [3.8, 4) is 0 Å². The number of sulfonamides is 1. The fourth-order valence-electron chi connectivity index (χ4n) is 2.24. The number of nitrogens with one attached hydrogen (secondary N) is 3. The number of benzene rings is 1. The van der Waals surface area contributed by atoms with Gasteiger partial charge in [0.2, 0.25) is 15.9 Å². The molecule has 1 fully saturated rings. The monoisotopic (exact) mass is 358 g/mol. The summed E-state index contributed by atoms with van der Waals surface area (Å²) in [5, 5.41) is 25.3. The van der Waals surface area contributed by atoms with Crippen LogP contribution in [-0.4, -0.2) is 56.1 Å². The Hall–Kier alpha value is -2.08. The molecule has 1 aliphatic heterocycles. The maximum absolute atomic E-state index is 12.0. The van der Waals surface area contributed by atoms with Crippen LogP contribution in [0.2, 0.25) is 0 Å². The quantitative estimate of drug-likeness (QED) is 0.269. The first-order valence-electron chi connectivity index (χ1n) is 7.23. The fraction of sp³-hybridized carbons (Fsp3) is 0.462. The summed E-state index contributed by atoms with van der Waals surface area (Å²) in [6, 6.07) is 4.01. The molecule has 0 saturated carbocycles. The molecule has 1 aliphatic rings. The molecular formula is C13H18N4O6S. The van der Waals surface area contributed by atoms with E-state index in [0.717, 1.165) is 24.3 Å². The minimum absolute atomic E-state index is 0.0274. The van der Waals surface area contributed by atoms with Gasteiger partial charge in [-0.05, 0) is 18.6 Å². The van der Waals surface area contributed by atoms with Gasteiger partial charge in [0, 0.05) is 31.8 Å². The number of nitro benzene ring substituents is 1. The summed E-state index contributed by atoms with van der Waals surface area (Å²) < 4.78 is 26.3. The lowest BCUT2D eigenvalue weighted by atomic mass is 10.2. The number of aliphatic hydroxyl groups is 1. The minimum Gasteiger partial charge on any atom is -0.392 e. The van der Waals surface area contributed by atoms with Crippen LogP contribution in [0.1, 0.15) is 6.42 Å². The summed E-state index contributed by atoms with van der Waals surface area (Å²) >= 11 is 0. The van der Waals surface area contributed by atoms with Gasteiger partial charge in [0.25, 0.3) is 5.69 Å². The fourth-order valence-corrected chi connectivity index (χ4v) is 3.27. The minimum atomic E-state index is -3.81. The molecule has 4 N–H and O–H groups in total. The average molecular weight is 358 g/mol. The predicted octanol–water partition coefficient (Wildman–Crippen LogP) is -1.29. The number of aliphatic hydroxyl groups excluding tert-OH is 1. The first-order valence-corrected chi connectivity index (χ1v) is 8.71. The molecule has 1 saturated heterocycles. The van der Waals surface area contributed by atoms with Crippen molar-refractivity contribution in [2.45, 2.75) is 23.5 Å². The zero-order valence-electron chi connectivity index (χ0n) is 12.6. The maximum Gasteiger partial charge on any atom is 0.269 e. The summed E-state index contributed by atoms with van der Waals surface area (Å²) in [6.07, 6.45) is -0.234. The topological polar surface area (TPSA) is 151 Å². The molecule has 1 aromatic carbocycles. The van der Waals surface area contributed by atoms with Gasteiger partial charge in [0.15, 0.2) is 0 Å². The smallest absolute Gasteiger partial charge is 0.269 e. The highest BCUT2D eigenvalue weighted by Gasteiger charge is 2.27. The van der Waals surface area contributed by atoms with Crippen LogP contribution < -0.4 is 15.4 Å². The molecule has 0 bridgehead atoms. The maximum atomic E-state index is 12.0. The van der Waals surface area contributed by atoms with Crippen LogP contribution in [0.4, 0.5) is 5.69 Å². The zero-order valence-corrected chi connectivity index (χ0v) is 13.5. The predicted molar refractivity (Wildman–Crippen MR) is 83.7 cm³/mol. The molecule has 0 aliphatic carbocycles. The number of hydrogen-bond acceptors (Lipinski definition) is 7. The van der Waals surface area contributed by atoms with Crippen molar-refractivity contribution in [1.82, 2.24) is 15.4 Å². The highest BCUT2D eigenvalue weighted by Crippen LogP contribution is 2.15. The van der Waals surface area contributed by atoms with E-state index in [-0.39, 0.29) is 29.6 Å². The summed E-state index contributed by atoms with van der Waals surface area (Å²) in [4.78, 5) is 21.6. The van der Waals surface area contributed by atoms with E-state index < -0.39 is 27.1 Å². The Bertz CT molecular complexity index is 706. The van der Waals surface area contributed by atoms with Gasteiger partial charge >= 0.3 is 0 Å². The third-order valence-corrected chi connectivity index (χ3v) is 4.98. The van der Waals surface area contributed by atoms with E-state index in [0.29, 0.717) is 13.0 Å². The number of carbonyl (C=O) groups excluding carboxylic acids is 1. The van der Waals surface area contributed by atoms with Crippen LogP contribution in [0, 0.1) is 10.1 Å². The molecule has 1 aromatic rings. The van der Waals surface area contributed by atoms with Crippen LogP contribution in [0.15, 0.2) is 29.2 Å². The van der Waals surface area contributed by atoms with Crippen LogP contribution in [0.25, 0.3) is 0 Å². The lowest BCUT2D eigenvalue weighted by Gasteiger charge is -2.11. The van der Waals surface area contributed by atoms with E-state index in [1.807, 2.05) is 0 Å². The summed E-state index contributed by atoms with van der Waals surface area (Å²) in [5.41, 5.74) is -0.201. The molecule has 10 nitrogen and oxygen atoms in total. The van der Waals surface area contributed by atoms with Crippen LogP contribution >= 0.6 is 0 Å². The number of rotatable bonds is 7. The van der Waals surface area contributed by atoms with Crippen molar-refractivity contribution in [3.63, 3.8) is 0 Å². The lowest BCUT2D eigenvalue weighted by Crippen LogP contribution is -2.43. The Morgan fingerprint density at radius 3 is 2.54 bits per heavy atom. The second-order valence-electron chi connectivity index (χ2n) is 5.29. The Morgan fingerprint density at radius 2 is 2.00 bits per heavy atom. The third kappa shape index (κ3) is 4.71. The van der Waals surface area contributed by atoms with Crippen molar-refractivity contribution in [2.75, 3.05) is 19.6 Å². The van der Waals surface area contributed by atoms with Crippen LogP contribution in [0.5, 0.6) is 0 Å². The SMILES string of the molecule is O=C(NCCNS(=O)(=O)c1ccc([N+](=O)[O-])cc1)C1CC(O)CN1. The number of carbonyl (C=O) groups is 1. The molecule has 11 heteroatoms. The normalized spacial score (nSPS) is 20.7. The number of non-ortho nitro benzene ring substituents is 1. The van der Waals surface area contributed by atoms with Crippen molar-refractivity contribution >= 4 is 21.6 Å². The van der Waals surface area contributed by atoms with Gasteiger partial charge in [-0.1, -0.05) is 0 Å². The van der Waals surface area contributed by atoms with Crippen LogP contribution in [-0.2, 0) is 14.8 Å². The van der Waals surface area contributed by atoms with E-state index in [9.17, 15) is 28.4 Å². The Morgan fingerprint density at radius 1 is 1.33 bits per heavy atom. The molecule has 2 unspecified atom stereocenters. The highest BCUT2D eigenvalue weighted by atomic mass is 32.2. The number of amides is 1. The number of nitrogens with zero attached hydrogens (tertiary/aromatic N) is 1. The summed E-state index contributed by atoms with van der Waals surface area (Å²) in [7, 11) is -3.81. The lowest BCUT2D eigenvalue weighted by molar-refractivity contribution is -0.384. The van der Waals surface area contributed by atoms with Gasteiger partial charge in [-0.15, -0.1) is 0 Å². The average Bonchev–Trinajstić information content (AvgIpc) is 2.98. The molecule has 1 heterocycles. The molecule has 2 atom stereocenters. The van der Waals surface area contributed by atoms with Gasteiger partial charge < -0.3 is 15.7 Å². The van der Waals surface area contributed by atoms with Crippen molar-refractivity contribution in [1.29, 1.82) is 0 Å². The van der Waals surface area contributed by atoms with E-state index in [1.54, 1.807) is 0 Å². The number of hydrogen-bond donors (Lipinski definition) is 4. The Balaban J connectivity index is 1.80. The number of β-amino-alcohol motifs (C(OH)–C–C–N with tert-alkyl or cyclic N) is 1. The molecular weight excluding hydrogens is 340 g/mol. The van der Waals surface area contributed by atoms with Gasteiger partial charge in [0.1, 0.15) is 0 Å². The Labute approximate surface area is 138 Å². The molecule has 24 heavy (non-hydrogen) atoms. The molecule has 0 spiro atoms. The van der Waals surface area contributed by atoms with Crippen molar-refractivity contribution in [3.05, 3.63) is 34.4 Å². The Kier molecular flexibility index (Phi) is 5.83. The standard InChI is InChI=1S/C13H18N4O6S/c18-10-7-12(15-8-10)13(19)14-5-6-16-24(22,23)11-3-1-9(2-4-11)17(20)21/h1-4,10,12,15-16,18H,5-8H2,(H,14,19). The van der Waals surface area contributed by atoms with Crippen molar-refractivity contribution in [2.24, 2.45) is 0 Å². The molecule has 1 amide bonds. The van der Waals surface area contributed by atoms with E-state index in [2.05, 4.69) is 15.4 Å². The third-order valence-electron chi connectivity index (χ3n) is 3.50. The molecule has 132 valence electrons. The van der Waals surface area contributed by atoms with Gasteiger partial charge in [-0.2, -0.15) is 0 Å². The van der Waals surface area contributed by atoms with E-state index in [1.165, 1.54) is 0 Å². The molecule has 0 radical (unpaired) electrons. The van der Waals surface area contributed by atoms with Crippen LogP contribution in [0.3, 0.4) is 0 Å². The van der Waals surface area contributed by atoms with E-state index >= 15 is 0 Å². The van der Waals surface area contributed by atoms with Gasteiger partial charge in [-0.25, -0.2) is 13.1 Å². The van der Waals surface area contributed by atoms with E-state index in [4.69, 9.17) is 0 Å². The molecule has 0 aromatic heterocycles. The van der Waals surface area contributed by atoms with Gasteiger partial charge in [0.05, 0.1) is 22.0 Å². The molecule has 2 rings (SSSR count). The summed E-state index contributed by atoms with van der Waals surface area (Å²) in [6.45, 7) is 0.407. The number of nitro groups is 1. The summed E-state index contributed by atoms with van der Waals surface area (Å²) in [5.74, 6) is -0.305. The highest BCUT2D eigenvalue weighted by molar-refractivity contribution is 7.89. The zero-order chi connectivity index (χ0) is 17.7. The van der Waals surface area contributed by atoms with Crippen molar-refractivity contribution < 1.29 is 23.2 Å². The second kappa shape index (κ2) is 7.66. The second-order valence-corrected chi connectivity index (χ2v) is 7.06.